The third kappa shape index (κ3) is 5.60. The van der Waals surface area contributed by atoms with E-state index in [1.807, 2.05) is 0 Å². The highest BCUT2D eigenvalue weighted by molar-refractivity contribution is 7.89. The summed E-state index contributed by atoms with van der Waals surface area (Å²) in [6.45, 7) is 1.46. The normalized spacial score (nSPS) is 14.8. The van der Waals surface area contributed by atoms with Crippen LogP contribution in [0.1, 0.15) is 37.8 Å². The molecule has 3 aromatic rings. The molecule has 0 aliphatic heterocycles. The highest BCUT2D eigenvalue weighted by Gasteiger charge is 2.33. The summed E-state index contributed by atoms with van der Waals surface area (Å²) in [5.74, 6) is -0.0236. The molecule has 1 saturated carbocycles. The number of nitrogens with one attached hydrogen (secondary N) is 2. The van der Waals surface area contributed by atoms with E-state index in [0.717, 1.165) is 32.1 Å². The van der Waals surface area contributed by atoms with Crippen LogP contribution in [0.5, 0.6) is 0 Å². The molecule has 0 bridgehead atoms. The van der Waals surface area contributed by atoms with Gasteiger partial charge in [-0.3, -0.25) is 9.59 Å². The number of nitrogens with zero attached hydrogens (tertiary/aromatic N) is 2. The number of rotatable bonds is 7. The molecule has 0 saturated heterocycles. The van der Waals surface area contributed by atoms with Crippen molar-refractivity contribution in [1.82, 2.24) is 14.3 Å². The van der Waals surface area contributed by atoms with Gasteiger partial charge in [-0.1, -0.05) is 49.6 Å². The van der Waals surface area contributed by atoms with E-state index in [1.165, 1.54) is 10.4 Å². The number of carbonyl (C=O) groups is 1. The summed E-state index contributed by atoms with van der Waals surface area (Å²) < 4.78 is 28.2. The van der Waals surface area contributed by atoms with Gasteiger partial charge in [0.25, 0.3) is 5.56 Å². The van der Waals surface area contributed by atoms with Gasteiger partial charge in [0.1, 0.15) is 5.82 Å². The Bertz CT molecular complexity index is 1320. The van der Waals surface area contributed by atoms with E-state index < -0.39 is 15.9 Å². The van der Waals surface area contributed by atoms with Gasteiger partial charge in [0, 0.05) is 29.1 Å². The maximum Gasteiger partial charge on any atom is 0.251 e. The van der Waals surface area contributed by atoms with Gasteiger partial charge in [-0.25, -0.2) is 13.4 Å². The molecule has 2 aromatic carbocycles. The fourth-order valence-electron chi connectivity index (χ4n) is 4.31. The Balaban J connectivity index is 1.56. The van der Waals surface area contributed by atoms with Gasteiger partial charge in [0.15, 0.2) is 0 Å². The average molecular weight is 481 g/mol. The monoisotopic (exact) mass is 480 g/mol. The molecule has 0 spiro atoms. The number of sulfonamides is 1. The molecular formula is C25H28N4O4S. The summed E-state index contributed by atoms with van der Waals surface area (Å²) in [4.78, 5) is 32.0. The lowest BCUT2D eigenvalue weighted by atomic mass is 9.95. The van der Waals surface area contributed by atoms with Crippen molar-refractivity contribution >= 4 is 21.6 Å². The number of hydrogen-bond acceptors (Lipinski definition) is 5. The predicted molar refractivity (Wildman–Crippen MR) is 131 cm³/mol. The number of H-pyrrole nitrogens is 1. The second kappa shape index (κ2) is 10.3. The van der Waals surface area contributed by atoms with E-state index in [0.29, 0.717) is 22.8 Å². The Kier molecular flexibility index (Phi) is 7.23. The average Bonchev–Trinajstić information content (AvgIpc) is 2.83. The summed E-state index contributed by atoms with van der Waals surface area (Å²) in [6.07, 6.45) is 4.43. The molecule has 0 atom stereocenters. The molecular weight excluding hydrogens is 452 g/mol. The first-order chi connectivity index (χ1) is 16.3. The van der Waals surface area contributed by atoms with E-state index in [1.54, 1.807) is 61.5 Å². The summed E-state index contributed by atoms with van der Waals surface area (Å²) in [6, 6.07) is 16.4. The minimum Gasteiger partial charge on any atom is -0.325 e. The van der Waals surface area contributed by atoms with Crippen LogP contribution in [-0.4, -0.2) is 41.2 Å². The lowest BCUT2D eigenvalue weighted by Crippen LogP contribution is -2.45. The number of aromatic amines is 1. The van der Waals surface area contributed by atoms with Gasteiger partial charge >= 0.3 is 0 Å². The van der Waals surface area contributed by atoms with Crippen LogP contribution in [-0.2, 0) is 14.8 Å². The first kappa shape index (κ1) is 23.8. The van der Waals surface area contributed by atoms with Crippen LogP contribution in [0.2, 0.25) is 0 Å². The van der Waals surface area contributed by atoms with E-state index in [4.69, 9.17) is 0 Å². The van der Waals surface area contributed by atoms with Gasteiger partial charge < -0.3 is 10.3 Å². The van der Waals surface area contributed by atoms with Gasteiger partial charge in [-0.2, -0.15) is 4.31 Å². The quantitative estimate of drug-likeness (QED) is 0.535. The molecule has 178 valence electrons. The van der Waals surface area contributed by atoms with E-state index in [9.17, 15) is 18.0 Å². The number of aromatic nitrogens is 2. The largest absolute Gasteiger partial charge is 0.325 e. The van der Waals surface area contributed by atoms with E-state index in [2.05, 4.69) is 15.3 Å². The van der Waals surface area contributed by atoms with Crippen LogP contribution < -0.4 is 10.9 Å². The molecule has 4 rings (SSSR count). The number of benzene rings is 2. The van der Waals surface area contributed by atoms with Crippen LogP contribution in [0.4, 0.5) is 5.69 Å². The molecule has 0 unspecified atom stereocenters. The lowest BCUT2D eigenvalue weighted by Gasteiger charge is -2.33. The Morgan fingerprint density at radius 1 is 1.06 bits per heavy atom. The van der Waals surface area contributed by atoms with Crippen LogP contribution in [0, 0.1) is 6.92 Å². The van der Waals surface area contributed by atoms with Crippen LogP contribution in [0.3, 0.4) is 0 Å². The molecule has 34 heavy (non-hydrogen) atoms. The number of amides is 1. The lowest BCUT2D eigenvalue weighted by molar-refractivity contribution is -0.116. The summed E-state index contributed by atoms with van der Waals surface area (Å²) >= 11 is 0. The molecule has 1 heterocycles. The Labute approximate surface area is 199 Å². The van der Waals surface area contributed by atoms with Crippen molar-refractivity contribution in [2.75, 3.05) is 11.9 Å². The van der Waals surface area contributed by atoms with Gasteiger partial charge in [-0.15, -0.1) is 0 Å². The van der Waals surface area contributed by atoms with E-state index >= 15 is 0 Å². The number of hydrogen-bond donors (Lipinski definition) is 2. The standard InChI is InChI=1S/C25H28N4O4S/c1-18-15-23(30)28-25(26-18)19-9-8-10-20(16-19)27-24(31)17-29(21-11-4-2-5-12-21)34(32,33)22-13-6-3-7-14-22/h3,6-10,13-16,21H,2,4-5,11-12,17H2,1H3,(H,27,31)(H,26,28,30). The van der Waals surface area contributed by atoms with Gasteiger partial charge in [-0.05, 0) is 44.0 Å². The molecule has 1 aliphatic rings. The first-order valence-corrected chi connectivity index (χ1v) is 12.8. The van der Waals surface area contributed by atoms with Crippen LogP contribution >= 0.6 is 0 Å². The molecule has 0 radical (unpaired) electrons. The number of anilines is 1. The van der Waals surface area contributed by atoms with Crippen molar-refractivity contribution in [3.05, 3.63) is 76.7 Å². The fraction of sp³-hybridized carbons (Fsp3) is 0.320. The minimum atomic E-state index is -3.83. The summed E-state index contributed by atoms with van der Waals surface area (Å²) in [5, 5.41) is 2.81. The molecule has 8 nitrogen and oxygen atoms in total. The van der Waals surface area contributed by atoms with Crippen molar-refractivity contribution < 1.29 is 13.2 Å². The maximum absolute atomic E-state index is 13.4. The van der Waals surface area contributed by atoms with Crippen molar-refractivity contribution in [2.45, 2.75) is 50.0 Å². The molecule has 1 aliphatic carbocycles. The number of aryl methyl sites for hydroxylation is 1. The van der Waals surface area contributed by atoms with E-state index in [-0.39, 0.29) is 23.0 Å². The molecule has 1 aromatic heterocycles. The number of carbonyl (C=O) groups excluding carboxylic acids is 1. The zero-order valence-electron chi connectivity index (χ0n) is 19.0. The molecule has 2 N–H and O–H groups in total. The van der Waals surface area contributed by atoms with Crippen molar-refractivity contribution in [3.63, 3.8) is 0 Å². The molecule has 9 heteroatoms. The highest BCUT2D eigenvalue weighted by Crippen LogP contribution is 2.28. The SMILES string of the molecule is Cc1cc(=O)[nH]c(-c2cccc(NC(=O)CN(C3CCCCC3)S(=O)(=O)c3ccccc3)c2)n1. The first-order valence-electron chi connectivity index (χ1n) is 11.4. The minimum absolute atomic E-state index is 0.185. The summed E-state index contributed by atoms with van der Waals surface area (Å²) in [7, 11) is -3.83. The highest BCUT2D eigenvalue weighted by atomic mass is 32.2. The van der Waals surface area contributed by atoms with Gasteiger partial charge in [0.05, 0.1) is 11.4 Å². The second-order valence-electron chi connectivity index (χ2n) is 8.52. The predicted octanol–water partition coefficient (Wildman–Crippen LogP) is 3.71. The zero-order chi connectivity index (χ0) is 24.1. The van der Waals surface area contributed by atoms with Crippen molar-refractivity contribution in [2.24, 2.45) is 0 Å². The van der Waals surface area contributed by atoms with Crippen molar-refractivity contribution in [1.29, 1.82) is 0 Å². The van der Waals surface area contributed by atoms with Crippen LogP contribution in [0.25, 0.3) is 11.4 Å². The zero-order valence-corrected chi connectivity index (χ0v) is 19.8. The molecule has 1 amide bonds. The van der Waals surface area contributed by atoms with Crippen molar-refractivity contribution in [3.8, 4) is 11.4 Å². The van der Waals surface area contributed by atoms with Gasteiger partial charge in [0.2, 0.25) is 15.9 Å². The topological polar surface area (TPSA) is 112 Å². The molecule has 1 fully saturated rings. The smallest absolute Gasteiger partial charge is 0.251 e. The second-order valence-corrected chi connectivity index (χ2v) is 10.4. The maximum atomic E-state index is 13.4. The summed E-state index contributed by atoms with van der Waals surface area (Å²) in [5.41, 5.74) is 1.46. The Hall–Kier alpha value is -3.30. The third-order valence-electron chi connectivity index (χ3n) is 5.92. The van der Waals surface area contributed by atoms with Crippen LogP contribution in [0.15, 0.2) is 70.4 Å². The Morgan fingerprint density at radius 3 is 2.50 bits per heavy atom. The third-order valence-corrected chi connectivity index (χ3v) is 7.83. The fourth-order valence-corrected chi connectivity index (χ4v) is 5.97. The Morgan fingerprint density at radius 2 is 1.79 bits per heavy atom.